The van der Waals surface area contributed by atoms with Crippen molar-refractivity contribution in [2.75, 3.05) is 6.61 Å². The van der Waals surface area contributed by atoms with Gasteiger partial charge in [0.2, 0.25) is 5.91 Å². The van der Waals surface area contributed by atoms with Gasteiger partial charge in [-0.05, 0) is 27.2 Å². The number of esters is 1. The Kier molecular flexibility index (Phi) is 6.50. The van der Waals surface area contributed by atoms with Gasteiger partial charge in [-0.25, -0.2) is 4.79 Å². The third kappa shape index (κ3) is 4.84. The van der Waals surface area contributed by atoms with Crippen LogP contribution in [0.2, 0.25) is 0 Å². The van der Waals surface area contributed by atoms with Gasteiger partial charge in [0.1, 0.15) is 0 Å². The number of hydrogen-bond acceptors (Lipinski definition) is 7. The minimum absolute atomic E-state index is 0.111. The Hall–Kier alpha value is -1.57. The van der Waals surface area contributed by atoms with Crippen molar-refractivity contribution in [1.29, 1.82) is 0 Å². The number of rotatable bonds is 7. The van der Waals surface area contributed by atoms with E-state index in [4.69, 9.17) is 9.15 Å². The van der Waals surface area contributed by atoms with Crippen molar-refractivity contribution in [3.63, 3.8) is 0 Å². The van der Waals surface area contributed by atoms with Crippen LogP contribution in [0.4, 0.5) is 0 Å². The third-order valence-electron chi connectivity index (χ3n) is 2.50. The number of nitrogens with one attached hydrogen (secondary N) is 1. The van der Waals surface area contributed by atoms with E-state index < -0.39 is 5.97 Å². The lowest BCUT2D eigenvalue weighted by Crippen LogP contribution is -2.37. The van der Waals surface area contributed by atoms with Crippen LogP contribution in [-0.2, 0) is 9.53 Å². The van der Waals surface area contributed by atoms with Crippen molar-refractivity contribution in [2.24, 2.45) is 0 Å². The molecule has 7 nitrogen and oxygen atoms in total. The van der Waals surface area contributed by atoms with Gasteiger partial charge in [-0.1, -0.05) is 23.8 Å². The monoisotopic (exact) mass is 301 g/mol. The second-order valence-electron chi connectivity index (χ2n) is 4.17. The number of nitrogens with zero attached hydrogens (tertiary/aromatic N) is 2. The van der Waals surface area contributed by atoms with Gasteiger partial charge in [0.15, 0.2) is 0 Å². The van der Waals surface area contributed by atoms with Crippen LogP contribution in [0.25, 0.3) is 0 Å². The van der Waals surface area contributed by atoms with E-state index in [0.29, 0.717) is 0 Å². The molecule has 0 spiro atoms. The van der Waals surface area contributed by atoms with Gasteiger partial charge in [-0.15, -0.1) is 5.10 Å². The smallest absolute Gasteiger partial charge is 0.396 e. The van der Waals surface area contributed by atoms with Crippen molar-refractivity contribution in [1.82, 2.24) is 15.5 Å². The molecule has 0 radical (unpaired) electrons. The normalized spacial score (nSPS) is 13.6. The van der Waals surface area contributed by atoms with Crippen LogP contribution in [0, 0.1) is 0 Å². The standard InChI is InChI=1S/C12H19N3O4S/c1-5-7(3)13-9(16)8(4)20-12-15-14-10(19-12)11(17)18-6-2/h7-8H,5-6H2,1-4H3,(H,13,16). The fourth-order valence-electron chi connectivity index (χ4n) is 1.20. The summed E-state index contributed by atoms with van der Waals surface area (Å²) in [7, 11) is 0. The second-order valence-corrected chi connectivity index (χ2v) is 5.46. The van der Waals surface area contributed by atoms with Gasteiger partial charge < -0.3 is 14.5 Å². The zero-order chi connectivity index (χ0) is 15.1. The fourth-order valence-corrected chi connectivity index (χ4v) is 1.89. The van der Waals surface area contributed by atoms with Crippen LogP contribution >= 0.6 is 11.8 Å². The Balaban J connectivity index is 2.56. The maximum Gasteiger partial charge on any atom is 0.396 e. The van der Waals surface area contributed by atoms with Crippen molar-refractivity contribution in [3.8, 4) is 0 Å². The van der Waals surface area contributed by atoms with E-state index >= 15 is 0 Å². The van der Waals surface area contributed by atoms with E-state index in [1.54, 1.807) is 13.8 Å². The maximum atomic E-state index is 11.8. The SMILES string of the molecule is CCOC(=O)c1nnc(SC(C)C(=O)NC(C)CC)o1. The molecule has 0 aliphatic carbocycles. The van der Waals surface area contributed by atoms with Crippen LogP contribution < -0.4 is 5.32 Å². The van der Waals surface area contributed by atoms with E-state index in [0.717, 1.165) is 18.2 Å². The molecule has 0 bridgehead atoms. The van der Waals surface area contributed by atoms with E-state index in [2.05, 4.69) is 15.5 Å². The molecule has 2 unspecified atom stereocenters. The number of ether oxygens (including phenoxy) is 1. The summed E-state index contributed by atoms with van der Waals surface area (Å²) in [6.07, 6.45) is 0.858. The first-order valence-corrected chi connectivity index (χ1v) is 7.33. The summed E-state index contributed by atoms with van der Waals surface area (Å²) in [6, 6.07) is 0.114. The lowest BCUT2D eigenvalue weighted by Gasteiger charge is -2.14. The number of thioether (sulfide) groups is 1. The molecule has 0 saturated heterocycles. The minimum Gasteiger partial charge on any atom is -0.459 e. The first kappa shape index (κ1) is 16.5. The molecule has 0 aliphatic heterocycles. The van der Waals surface area contributed by atoms with Gasteiger partial charge >= 0.3 is 11.9 Å². The lowest BCUT2D eigenvalue weighted by molar-refractivity contribution is -0.120. The van der Waals surface area contributed by atoms with Crippen molar-refractivity contribution in [2.45, 2.75) is 50.6 Å². The Morgan fingerprint density at radius 1 is 1.35 bits per heavy atom. The number of carbonyl (C=O) groups excluding carboxylic acids is 2. The largest absolute Gasteiger partial charge is 0.459 e. The first-order chi connectivity index (χ1) is 9.47. The molecule has 0 saturated carbocycles. The van der Waals surface area contributed by atoms with E-state index in [-0.39, 0.29) is 34.9 Å². The Morgan fingerprint density at radius 3 is 2.65 bits per heavy atom. The molecule has 2 atom stereocenters. The van der Waals surface area contributed by atoms with Crippen molar-refractivity contribution >= 4 is 23.6 Å². The Bertz CT molecular complexity index is 463. The Morgan fingerprint density at radius 2 is 2.05 bits per heavy atom. The average Bonchev–Trinajstić information content (AvgIpc) is 2.87. The van der Waals surface area contributed by atoms with E-state index in [9.17, 15) is 9.59 Å². The summed E-state index contributed by atoms with van der Waals surface area (Å²) in [5.41, 5.74) is 0. The molecular formula is C12H19N3O4S. The highest BCUT2D eigenvalue weighted by atomic mass is 32.2. The van der Waals surface area contributed by atoms with E-state index in [1.165, 1.54) is 0 Å². The molecule has 1 N–H and O–H groups in total. The predicted octanol–water partition coefficient (Wildman–Crippen LogP) is 1.64. The highest BCUT2D eigenvalue weighted by molar-refractivity contribution is 8.00. The molecule has 1 aromatic heterocycles. The van der Waals surface area contributed by atoms with Crippen LogP contribution in [0.1, 0.15) is 44.8 Å². The third-order valence-corrected chi connectivity index (χ3v) is 3.44. The van der Waals surface area contributed by atoms with Crippen LogP contribution in [-0.4, -0.2) is 40.0 Å². The summed E-state index contributed by atoms with van der Waals surface area (Å²) >= 11 is 1.10. The predicted molar refractivity (Wildman–Crippen MR) is 73.5 cm³/mol. The molecule has 20 heavy (non-hydrogen) atoms. The zero-order valence-electron chi connectivity index (χ0n) is 12.0. The fraction of sp³-hybridized carbons (Fsp3) is 0.667. The molecule has 0 aliphatic rings. The van der Waals surface area contributed by atoms with Crippen LogP contribution in [0.3, 0.4) is 0 Å². The quantitative estimate of drug-likeness (QED) is 0.604. The highest BCUT2D eigenvalue weighted by Crippen LogP contribution is 2.22. The van der Waals surface area contributed by atoms with Gasteiger partial charge in [-0.3, -0.25) is 4.79 Å². The average molecular weight is 301 g/mol. The molecule has 112 valence electrons. The summed E-state index contributed by atoms with van der Waals surface area (Å²) in [5.74, 6) is -0.979. The summed E-state index contributed by atoms with van der Waals surface area (Å²) in [6.45, 7) is 7.58. The number of hydrogen-bond donors (Lipinski definition) is 1. The Labute approximate surface area is 121 Å². The van der Waals surface area contributed by atoms with Crippen molar-refractivity contribution < 1.29 is 18.7 Å². The molecule has 8 heteroatoms. The summed E-state index contributed by atoms with van der Waals surface area (Å²) in [5, 5.41) is 9.92. The number of aromatic nitrogens is 2. The van der Waals surface area contributed by atoms with Gasteiger partial charge in [0.05, 0.1) is 11.9 Å². The molecule has 0 fully saturated rings. The van der Waals surface area contributed by atoms with Gasteiger partial charge in [-0.2, -0.15) is 0 Å². The topological polar surface area (TPSA) is 94.3 Å². The van der Waals surface area contributed by atoms with Gasteiger partial charge in [0.25, 0.3) is 5.22 Å². The molecule has 1 amide bonds. The molecule has 1 aromatic rings. The van der Waals surface area contributed by atoms with Crippen LogP contribution in [0.15, 0.2) is 9.64 Å². The molecule has 0 aromatic carbocycles. The summed E-state index contributed by atoms with van der Waals surface area (Å²) < 4.78 is 9.87. The van der Waals surface area contributed by atoms with Crippen molar-refractivity contribution in [3.05, 3.63) is 5.89 Å². The maximum absolute atomic E-state index is 11.8. The molecule has 1 rings (SSSR count). The lowest BCUT2D eigenvalue weighted by atomic mass is 10.2. The second kappa shape index (κ2) is 7.88. The number of carbonyl (C=O) groups is 2. The number of amides is 1. The summed E-state index contributed by atoms with van der Waals surface area (Å²) in [4.78, 5) is 23.2. The minimum atomic E-state index is -0.663. The zero-order valence-corrected chi connectivity index (χ0v) is 12.8. The first-order valence-electron chi connectivity index (χ1n) is 6.45. The molecular weight excluding hydrogens is 282 g/mol. The van der Waals surface area contributed by atoms with E-state index in [1.807, 2.05) is 13.8 Å². The van der Waals surface area contributed by atoms with Gasteiger partial charge in [0, 0.05) is 6.04 Å². The van der Waals surface area contributed by atoms with Crippen LogP contribution in [0.5, 0.6) is 0 Å². The molecule has 1 heterocycles. The highest BCUT2D eigenvalue weighted by Gasteiger charge is 2.21.